The minimum atomic E-state index is -0.409. The summed E-state index contributed by atoms with van der Waals surface area (Å²) in [7, 11) is 0. The van der Waals surface area contributed by atoms with Crippen LogP contribution in [0.2, 0.25) is 0 Å². The second-order valence-corrected chi connectivity index (χ2v) is 7.02. The molecule has 3 aromatic rings. The van der Waals surface area contributed by atoms with Gasteiger partial charge in [0.05, 0.1) is 0 Å². The van der Waals surface area contributed by atoms with E-state index in [1.54, 1.807) is 48.7 Å². The number of carbonyl (C=O) groups is 2. The molecule has 7 heteroatoms. The Bertz CT molecular complexity index is 1030. The fourth-order valence-corrected chi connectivity index (χ4v) is 3.36. The summed E-state index contributed by atoms with van der Waals surface area (Å²) in [6, 6.07) is 17.5. The molecule has 1 aliphatic heterocycles. The highest BCUT2D eigenvalue weighted by atomic mass is 16.5. The number of pyridine rings is 2. The fraction of sp³-hybridized carbons (Fsp3) is 0.217. The zero-order valence-corrected chi connectivity index (χ0v) is 16.4. The van der Waals surface area contributed by atoms with Crippen LogP contribution in [0.3, 0.4) is 0 Å². The standard InChI is InChI=1S/C23H22N4O3/c28-21(16-11-14-24-15-12-16)19-9-4-10-20(26-19)27-22(29)18-8-5-13-25-23(18)30-17-6-2-1-3-7-17/h1-10,13,16,24H,11-12,14-15H2,(H,26,27,29). The molecule has 0 radical (unpaired) electrons. The number of benzene rings is 1. The lowest BCUT2D eigenvalue weighted by Gasteiger charge is -2.21. The molecule has 0 unspecified atom stereocenters. The Morgan fingerprint density at radius 3 is 2.57 bits per heavy atom. The van der Waals surface area contributed by atoms with E-state index in [0.29, 0.717) is 17.3 Å². The Hall–Kier alpha value is -3.58. The molecule has 7 nitrogen and oxygen atoms in total. The number of nitrogens with one attached hydrogen (secondary N) is 2. The van der Waals surface area contributed by atoms with Gasteiger partial charge in [0.25, 0.3) is 5.91 Å². The lowest BCUT2D eigenvalue weighted by atomic mass is 9.92. The maximum Gasteiger partial charge on any atom is 0.262 e. The van der Waals surface area contributed by atoms with E-state index < -0.39 is 5.91 Å². The van der Waals surface area contributed by atoms with Crippen molar-refractivity contribution < 1.29 is 14.3 Å². The van der Waals surface area contributed by atoms with Gasteiger partial charge in [0.2, 0.25) is 5.88 Å². The first-order valence-electron chi connectivity index (χ1n) is 9.92. The number of amides is 1. The summed E-state index contributed by atoms with van der Waals surface area (Å²) >= 11 is 0. The molecule has 4 rings (SSSR count). The van der Waals surface area contributed by atoms with E-state index >= 15 is 0 Å². The van der Waals surface area contributed by atoms with Crippen molar-refractivity contribution in [3.63, 3.8) is 0 Å². The van der Waals surface area contributed by atoms with Gasteiger partial charge in [-0.05, 0) is 62.3 Å². The van der Waals surface area contributed by atoms with Gasteiger partial charge in [-0.1, -0.05) is 24.3 Å². The number of para-hydroxylation sites is 1. The SMILES string of the molecule is O=C(Nc1cccc(C(=O)C2CCNCC2)n1)c1cccnc1Oc1ccccc1. The number of Topliss-reactive ketones (excluding diaryl/α,β-unsaturated/α-hetero) is 1. The molecule has 1 aromatic carbocycles. The van der Waals surface area contributed by atoms with Gasteiger partial charge in [-0.3, -0.25) is 9.59 Å². The van der Waals surface area contributed by atoms with Gasteiger partial charge in [-0.25, -0.2) is 9.97 Å². The number of rotatable bonds is 6. The molecule has 0 saturated carbocycles. The molecule has 0 spiro atoms. The van der Waals surface area contributed by atoms with Crippen LogP contribution >= 0.6 is 0 Å². The number of ether oxygens (including phenoxy) is 1. The van der Waals surface area contributed by atoms with Crippen molar-refractivity contribution in [2.75, 3.05) is 18.4 Å². The predicted molar refractivity (Wildman–Crippen MR) is 113 cm³/mol. The predicted octanol–water partition coefficient (Wildman–Crippen LogP) is 3.70. The molecule has 2 aromatic heterocycles. The average Bonchev–Trinajstić information content (AvgIpc) is 2.80. The van der Waals surface area contributed by atoms with Gasteiger partial charge < -0.3 is 15.4 Å². The number of aromatic nitrogens is 2. The lowest BCUT2D eigenvalue weighted by Crippen LogP contribution is -2.32. The second kappa shape index (κ2) is 9.28. The Labute approximate surface area is 174 Å². The van der Waals surface area contributed by atoms with Gasteiger partial charge in [-0.2, -0.15) is 0 Å². The van der Waals surface area contributed by atoms with Gasteiger partial charge in [0.1, 0.15) is 22.8 Å². The van der Waals surface area contributed by atoms with Crippen LogP contribution in [0, 0.1) is 5.92 Å². The molecule has 2 N–H and O–H groups in total. The third kappa shape index (κ3) is 4.69. The van der Waals surface area contributed by atoms with Crippen LogP contribution in [0.15, 0.2) is 66.9 Å². The number of ketones is 1. The summed E-state index contributed by atoms with van der Waals surface area (Å²) in [5.74, 6) is 0.666. The number of hydrogen-bond acceptors (Lipinski definition) is 6. The summed E-state index contributed by atoms with van der Waals surface area (Å²) in [5, 5.41) is 6.00. The largest absolute Gasteiger partial charge is 0.438 e. The van der Waals surface area contributed by atoms with Gasteiger partial charge >= 0.3 is 0 Å². The van der Waals surface area contributed by atoms with Crippen molar-refractivity contribution in [1.82, 2.24) is 15.3 Å². The van der Waals surface area contributed by atoms with Crippen molar-refractivity contribution in [1.29, 1.82) is 0 Å². The van der Waals surface area contributed by atoms with E-state index in [1.165, 1.54) is 0 Å². The molecular weight excluding hydrogens is 380 g/mol. The molecule has 0 bridgehead atoms. The molecule has 30 heavy (non-hydrogen) atoms. The van der Waals surface area contributed by atoms with Crippen molar-refractivity contribution >= 4 is 17.5 Å². The number of anilines is 1. The number of nitrogens with zero attached hydrogens (tertiary/aromatic N) is 2. The van der Waals surface area contributed by atoms with Crippen LogP contribution in [0.25, 0.3) is 0 Å². The quantitative estimate of drug-likeness (QED) is 0.611. The van der Waals surface area contributed by atoms with Gasteiger partial charge in [-0.15, -0.1) is 0 Å². The smallest absolute Gasteiger partial charge is 0.262 e. The van der Waals surface area contributed by atoms with Crippen LogP contribution < -0.4 is 15.4 Å². The second-order valence-electron chi connectivity index (χ2n) is 7.02. The number of carbonyl (C=O) groups excluding carboxylic acids is 2. The summed E-state index contributed by atoms with van der Waals surface area (Å²) in [6.07, 6.45) is 3.16. The summed E-state index contributed by atoms with van der Waals surface area (Å²) in [5.41, 5.74) is 0.643. The highest BCUT2D eigenvalue weighted by molar-refractivity contribution is 6.05. The van der Waals surface area contributed by atoms with Crippen molar-refractivity contribution in [3.05, 3.63) is 78.1 Å². The first-order valence-corrected chi connectivity index (χ1v) is 9.92. The topological polar surface area (TPSA) is 93.2 Å². The highest BCUT2D eigenvalue weighted by Crippen LogP contribution is 2.23. The lowest BCUT2D eigenvalue weighted by molar-refractivity contribution is 0.0889. The van der Waals surface area contributed by atoms with E-state index in [9.17, 15) is 9.59 Å². The Morgan fingerprint density at radius 1 is 0.967 bits per heavy atom. The minimum absolute atomic E-state index is 0.0158. The van der Waals surface area contributed by atoms with Crippen molar-refractivity contribution in [2.45, 2.75) is 12.8 Å². The average molecular weight is 402 g/mol. The van der Waals surface area contributed by atoms with E-state index in [0.717, 1.165) is 25.9 Å². The normalized spacial score (nSPS) is 14.1. The highest BCUT2D eigenvalue weighted by Gasteiger charge is 2.23. The maximum atomic E-state index is 12.8. The van der Waals surface area contributed by atoms with Crippen LogP contribution in [-0.4, -0.2) is 34.7 Å². The van der Waals surface area contributed by atoms with E-state index in [-0.39, 0.29) is 23.1 Å². The number of piperidine rings is 1. The van der Waals surface area contributed by atoms with E-state index in [4.69, 9.17) is 4.74 Å². The molecular formula is C23H22N4O3. The number of hydrogen-bond donors (Lipinski definition) is 2. The third-order valence-corrected chi connectivity index (χ3v) is 4.93. The summed E-state index contributed by atoms with van der Waals surface area (Å²) in [4.78, 5) is 34.1. The molecule has 3 heterocycles. The van der Waals surface area contributed by atoms with Gasteiger partial charge in [0, 0.05) is 12.1 Å². The zero-order chi connectivity index (χ0) is 20.8. The first-order chi connectivity index (χ1) is 14.7. The third-order valence-electron chi connectivity index (χ3n) is 4.93. The molecule has 1 saturated heterocycles. The van der Waals surface area contributed by atoms with Crippen LogP contribution in [0.4, 0.5) is 5.82 Å². The van der Waals surface area contributed by atoms with Crippen LogP contribution in [-0.2, 0) is 0 Å². The molecule has 0 aliphatic carbocycles. The fourth-order valence-electron chi connectivity index (χ4n) is 3.36. The van der Waals surface area contributed by atoms with E-state index in [2.05, 4.69) is 20.6 Å². The maximum absolute atomic E-state index is 12.8. The van der Waals surface area contributed by atoms with Crippen LogP contribution in [0.1, 0.15) is 33.7 Å². The minimum Gasteiger partial charge on any atom is -0.438 e. The monoisotopic (exact) mass is 402 g/mol. The first kappa shape index (κ1) is 19.7. The molecule has 1 fully saturated rings. The molecule has 0 atom stereocenters. The molecule has 1 aliphatic rings. The van der Waals surface area contributed by atoms with Gasteiger partial charge in [0.15, 0.2) is 5.78 Å². The zero-order valence-electron chi connectivity index (χ0n) is 16.4. The summed E-state index contributed by atoms with van der Waals surface area (Å²) in [6.45, 7) is 1.66. The van der Waals surface area contributed by atoms with Crippen molar-refractivity contribution in [3.8, 4) is 11.6 Å². The Morgan fingerprint density at radius 2 is 1.77 bits per heavy atom. The summed E-state index contributed by atoms with van der Waals surface area (Å²) < 4.78 is 5.76. The van der Waals surface area contributed by atoms with Crippen LogP contribution in [0.5, 0.6) is 11.6 Å². The Kier molecular flexibility index (Phi) is 6.10. The molecule has 1 amide bonds. The molecule has 152 valence electrons. The van der Waals surface area contributed by atoms with E-state index in [1.807, 2.05) is 18.2 Å². The Balaban J connectivity index is 1.50. The van der Waals surface area contributed by atoms with Crippen molar-refractivity contribution in [2.24, 2.45) is 5.92 Å².